The number of rotatable bonds is 3. The summed E-state index contributed by atoms with van der Waals surface area (Å²) in [5.41, 5.74) is -0.429. The lowest BCUT2D eigenvalue weighted by Crippen LogP contribution is -2.39. The van der Waals surface area contributed by atoms with Crippen molar-refractivity contribution in [3.05, 3.63) is 11.3 Å². The van der Waals surface area contributed by atoms with Crippen molar-refractivity contribution in [2.45, 2.75) is 0 Å². The first-order valence-corrected chi connectivity index (χ1v) is 5.29. The Kier molecular flexibility index (Phi) is 5.14. The highest BCUT2D eigenvalue weighted by Gasteiger charge is 2.28. The molecule has 0 aromatic carbocycles. The molecule has 0 radical (unpaired) electrons. The van der Waals surface area contributed by atoms with Crippen molar-refractivity contribution in [1.29, 1.82) is 5.26 Å². The molecule has 1 rings (SSSR count). The second-order valence-electron chi connectivity index (χ2n) is 3.42. The zero-order valence-corrected chi connectivity index (χ0v) is 10.3. The average Bonchev–Trinajstić information content (AvgIpc) is 2.43. The van der Waals surface area contributed by atoms with E-state index >= 15 is 0 Å². The lowest BCUT2D eigenvalue weighted by Gasteiger charge is -2.29. The Hall–Kier alpha value is -2.07. The number of methoxy groups -OCH3 is 2. The number of hydrogen-bond acceptors (Lipinski definition) is 7. The largest absolute Gasteiger partial charge is 0.465 e. The van der Waals surface area contributed by atoms with Crippen LogP contribution in [-0.4, -0.2) is 57.4 Å². The quantitative estimate of drug-likeness (QED) is 0.379. The van der Waals surface area contributed by atoms with Crippen LogP contribution in [0.5, 0.6) is 0 Å². The molecule has 18 heavy (non-hydrogen) atoms. The van der Waals surface area contributed by atoms with Gasteiger partial charge in [-0.05, 0) is 0 Å². The Morgan fingerprint density at radius 3 is 2.17 bits per heavy atom. The maximum absolute atomic E-state index is 11.7. The van der Waals surface area contributed by atoms with Gasteiger partial charge in [0.2, 0.25) is 0 Å². The Morgan fingerprint density at radius 1 is 1.17 bits per heavy atom. The molecule has 0 amide bonds. The third kappa shape index (κ3) is 2.99. The summed E-state index contributed by atoms with van der Waals surface area (Å²) >= 11 is 0. The van der Waals surface area contributed by atoms with Crippen LogP contribution in [0.4, 0.5) is 0 Å². The van der Waals surface area contributed by atoms with E-state index in [1.807, 2.05) is 0 Å². The smallest absolute Gasteiger partial charge is 0.356 e. The molecule has 1 fully saturated rings. The van der Waals surface area contributed by atoms with E-state index in [4.69, 9.17) is 10.00 Å². The highest BCUT2D eigenvalue weighted by atomic mass is 16.5. The van der Waals surface area contributed by atoms with Gasteiger partial charge < -0.3 is 19.1 Å². The van der Waals surface area contributed by atoms with Crippen molar-refractivity contribution in [2.24, 2.45) is 0 Å². The van der Waals surface area contributed by atoms with Crippen molar-refractivity contribution in [2.75, 3.05) is 40.5 Å². The number of carbonyl (C=O) groups excluding carboxylic acids is 2. The molecule has 0 bridgehead atoms. The molecule has 0 aromatic rings. The second kappa shape index (κ2) is 6.61. The first-order valence-electron chi connectivity index (χ1n) is 5.29. The summed E-state index contributed by atoms with van der Waals surface area (Å²) in [6, 6.07) is 1.69. The molecule has 98 valence electrons. The number of ether oxygens (including phenoxy) is 3. The van der Waals surface area contributed by atoms with Crippen molar-refractivity contribution in [3.8, 4) is 6.07 Å². The molecule has 0 unspecified atom stereocenters. The van der Waals surface area contributed by atoms with Gasteiger partial charge in [-0.2, -0.15) is 5.26 Å². The van der Waals surface area contributed by atoms with Crippen LogP contribution in [-0.2, 0) is 23.8 Å². The third-order valence-corrected chi connectivity index (χ3v) is 2.44. The molecule has 0 aliphatic carbocycles. The lowest BCUT2D eigenvalue weighted by atomic mass is 10.2. The summed E-state index contributed by atoms with van der Waals surface area (Å²) in [5.74, 6) is -1.59. The predicted molar refractivity (Wildman–Crippen MR) is 59.1 cm³/mol. The molecule has 0 N–H and O–H groups in total. The Labute approximate surface area is 105 Å². The molecular weight excluding hydrogens is 240 g/mol. The standard InChI is InChI=1S/C11H14N2O5/c1-16-10(14)8(7-12)9(11(15)17-2)13-3-5-18-6-4-13/h3-6H2,1-2H3/b9-8+. The van der Waals surface area contributed by atoms with Gasteiger partial charge in [0.15, 0.2) is 5.57 Å². The van der Waals surface area contributed by atoms with Crippen molar-refractivity contribution < 1.29 is 23.8 Å². The Balaban J connectivity index is 3.17. The van der Waals surface area contributed by atoms with Crippen molar-refractivity contribution >= 4 is 11.9 Å². The van der Waals surface area contributed by atoms with Crippen LogP contribution < -0.4 is 0 Å². The highest BCUT2D eigenvalue weighted by Crippen LogP contribution is 2.15. The van der Waals surface area contributed by atoms with Gasteiger partial charge in [-0.3, -0.25) is 0 Å². The summed E-state index contributed by atoms with van der Waals surface area (Å²) < 4.78 is 14.2. The second-order valence-corrected chi connectivity index (χ2v) is 3.42. The summed E-state index contributed by atoms with van der Waals surface area (Å²) in [6.07, 6.45) is 0. The van der Waals surface area contributed by atoms with Gasteiger partial charge in [0.25, 0.3) is 0 Å². The Morgan fingerprint density at radius 2 is 1.72 bits per heavy atom. The topological polar surface area (TPSA) is 88.9 Å². The maximum Gasteiger partial charge on any atom is 0.356 e. The van der Waals surface area contributed by atoms with E-state index in [0.29, 0.717) is 26.3 Å². The van der Waals surface area contributed by atoms with Crippen LogP contribution in [0, 0.1) is 11.3 Å². The van der Waals surface area contributed by atoms with Crippen molar-refractivity contribution in [1.82, 2.24) is 4.90 Å². The minimum absolute atomic E-state index is 0.0739. The van der Waals surface area contributed by atoms with E-state index in [-0.39, 0.29) is 11.3 Å². The molecule has 7 heteroatoms. The molecule has 0 saturated carbocycles. The van der Waals surface area contributed by atoms with E-state index < -0.39 is 11.9 Å². The third-order valence-electron chi connectivity index (χ3n) is 2.44. The average molecular weight is 254 g/mol. The van der Waals surface area contributed by atoms with Crippen LogP contribution in [0.25, 0.3) is 0 Å². The monoisotopic (exact) mass is 254 g/mol. The van der Waals surface area contributed by atoms with E-state index in [1.165, 1.54) is 7.11 Å². The minimum atomic E-state index is -0.857. The first-order chi connectivity index (χ1) is 8.65. The van der Waals surface area contributed by atoms with Crippen LogP contribution >= 0.6 is 0 Å². The molecule has 0 atom stereocenters. The SMILES string of the molecule is COC(=O)/C(C#N)=C(\C(=O)OC)N1CCOCC1. The van der Waals surface area contributed by atoms with Gasteiger partial charge in [-0.25, -0.2) is 9.59 Å². The summed E-state index contributed by atoms with van der Waals surface area (Å²) in [6.45, 7) is 1.65. The molecule has 0 aromatic heterocycles. The molecule has 1 aliphatic rings. The van der Waals surface area contributed by atoms with Crippen LogP contribution in [0.1, 0.15) is 0 Å². The number of nitriles is 1. The van der Waals surface area contributed by atoms with Gasteiger partial charge in [0.1, 0.15) is 11.8 Å². The summed E-state index contributed by atoms with van der Waals surface area (Å²) in [4.78, 5) is 24.8. The van der Waals surface area contributed by atoms with E-state index in [2.05, 4.69) is 9.47 Å². The van der Waals surface area contributed by atoms with E-state index in [0.717, 1.165) is 7.11 Å². The number of esters is 2. The molecule has 7 nitrogen and oxygen atoms in total. The number of morpholine rings is 1. The molecule has 1 saturated heterocycles. The van der Waals surface area contributed by atoms with Gasteiger partial charge >= 0.3 is 11.9 Å². The van der Waals surface area contributed by atoms with Crippen molar-refractivity contribution in [3.63, 3.8) is 0 Å². The Bertz CT molecular complexity index is 404. The highest BCUT2D eigenvalue weighted by molar-refractivity contribution is 6.02. The van der Waals surface area contributed by atoms with E-state index in [1.54, 1.807) is 11.0 Å². The first kappa shape index (κ1) is 14.0. The van der Waals surface area contributed by atoms with Crippen LogP contribution in [0.3, 0.4) is 0 Å². The van der Waals surface area contributed by atoms with Gasteiger partial charge in [-0.15, -0.1) is 0 Å². The molecule has 1 heterocycles. The van der Waals surface area contributed by atoms with Gasteiger partial charge in [0, 0.05) is 13.1 Å². The van der Waals surface area contributed by atoms with Gasteiger partial charge in [-0.1, -0.05) is 0 Å². The fourth-order valence-corrected chi connectivity index (χ4v) is 1.57. The fraction of sp³-hybridized carbons (Fsp3) is 0.545. The summed E-state index contributed by atoms with van der Waals surface area (Å²) in [5, 5.41) is 9.00. The maximum atomic E-state index is 11.7. The zero-order valence-electron chi connectivity index (χ0n) is 10.3. The predicted octanol–water partition coefficient (Wildman–Crippen LogP) is -0.558. The molecule has 0 spiro atoms. The normalized spacial score (nSPS) is 16.4. The number of carbonyl (C=O) groups is 2. The molecule has 1 aliphatic heterocycles. The molecular formula is C11H14N2O5. The van der Waals surface area contributed by atoms with Crippen LogP contribution in [0.2, 0.25) is 0 Å². The summed E-state index contributed by atoms with van der Waals surface area (Å²) in [7, 11) is 2.34. The van der Waals surface area contributed by atoms with Gasteiger partial charge in [0.05, 0.1) is 27.4 Å². The minimum Gasteiger partial charge on any atom is -0.465 e. The van der Waals surface area contributed by atoms with E-state index in [9.17, 15) is 9.59 Å². The lowest BCUT2D eigenvalue weighted by molar-refractivity contribution is -0.141. The fourth-order valence-electron chi connectivity index (χ4n) is 1.57. The number of hydrogen-bond donors (Lipinski definition) is 0. The van der Waals surface area contributed by atoms with Crippen LogP contribution in [0.15, 0.2) is 11.3 Å². The zero-order chi connectivity index (χ0) is 13.5. The number of nitrogens with zero attached hydrogens (tertiary/aromatic N) is 2.